The highest BCUT2D eigenvalue weighted by Crippen LogP contribution is 2.46. The summed E-state index contributed by atoms with van der Waals surface area (Å²) in [6.07, 6.45) is 3.49. The first-order valence-corrected chi connectivity index (χ1v) is 7.13. The molecule has 0 radical (unpaired) electrons. The summed E-state index contributed by atoms with van der Waals surface area (Å²) in [5, 5.41) is 4.32. The smallest absolute Gasteiger partial charge is 0.170 e. The second kappa shape index (κ2) is 4.97. The zero-order valence-corrected chi connectivity index (χ0v) is 11.6. The Hall–Kier alpha value is -1.35. The quantitative estimate of drug-likeness (QED) is 0.814. The highest BCUT2D eigenvalue weighted by Gasteiger charge is 2.31. The van der Waals surface area contributed by atoms with Crippen LogP contribution in [0, 0.1) is 12.7 Å². The van der Waals surface area contributed by atoms with Gasteiger partial charge in [0, 0.05) is 10.9 Å². The predicted molar refractivity (Wildman–Crippen MR) is 74.9 cm³/mol. The van der Waals surface area contributed by atoms with Crippen molar-refractivity contribution in [2.75, 3.05) is 6.54 Å². The molecule has 0 unspecified atom stereocenters. The number of fused-ring (bicyclic) bond motifs is 1. The minimum atomic E-state index is -0.207. The normalized spacial score (nSPS) is 15.3. The summed E-state index contributed by atoms with van der Waals surface area (Å²) < 4.78 is 20.0. The van der Waals surface area contributed by atoms with Crippen molar-refractivity contribution in [1.29, 1.82) is 0 Å². The Morgan fingerprint density at radius 1 is 1.37 bits per heavy atom. The van der Waals surface area contributed by atoms with E-state index in [0.29, 0.717) is 23.6 Å². The fourth-order valence-corrected chi connectivity index (χ4v) is 2.62. The maximum atomic E-state index is 14.1. The Balaban J connectivity index is 2.04. The maximum absolute atomic E-state index is 14.1. The molecule has 0 aliphatic heterocycles. The second-order valence-electron chi connectivity index (χ2n) is 5.46. The Bertz CT molecular complexity index is 598. The maximum Gasteiger partial charge on any atom is 0.170 e. The van der Waals surface area contributed by atoms with Crippen LogP contribution in [-0.4, -0.2) is 6.54 Å². The van der Waals surface area contributed by atoms with Crippen molar-refractivity contribution < 1.29 is 8.81 Å². The van der Waals surface area contributed by atoms with E-state index in [9.17, 15) is 4.39 Å². The van der Waals surface area contributed by atoms with Crippen LogP contribution in [0.15, 0.2) is 16.5 Å². The Kier molecular flexibility index (Phi) is 3.31. The fourth-order valence-electron chi connectivity index (χ4n) is 2.62. The number of hydrogen-bond donors (Lipinski definition) is 1. The highest BCUT2D eigenvalue weighted by molar-refractivity contribution is 5.84. The average molecular weight is 261 g/mol. The van der Waals surface area contributed by atoms with Crippen LogP contribution in [0.25, 0.3) is 11.0 Å². The summed E-state index contributed by atoms with van der Waals surface area (Å²) in [7, 11) is 0. The van der Waals surface area contributed by atoms with Crippen molar-refractivity contribution in [3.8, 4) is 0 Å². The average Bonchev–Trinajstić information content (AvgIpc) is 3.16. The van der Waals surface area contributed by atoms with E-state index in [1.165, 1.54) is 18.4 Å². The van der Waals surface area contributed by atoms with Crippen LogP contribution in [0.3, 0.4) is 0 Å². The summed E-state index contributed by atoms with van der Waals surface area (Å²) >= 11 is 0. The lowest BCUT2D eigenvalue weighted by Gasteiger charge is -2.02. The van der Waals surface area contributed by atoms with Gasteiger partial charge in [-0.1, -0.05) is 19.1 Å². The predicted octanol–water partition coefficient (Wildman–Crippen LogP) is 4.26. The molecule has 2 nitrogen and oxygen atoms in total. The molecule has 0 atom stereocenters. The molecule has 3 rings (SSSR count). The van der Waals surface area contributed by atoms with Crippen LogP contribution in [0.2, 0.25) is 0 Å². The van der Waals surface area contributed by atoms with Crippen molar-refractivity contribution in [1.82, 2.24) is 5.32 Å². The molecule has 102 valence electrons. The second-order valence-corrected chi connectivity index (χ2v) is 5.46. The van der Waals surface area contributed by atoms with E-state index < -0.39 is 0 Å². The zero-order chi connectivity index (χ0) is 13.4. The Morgan fingerprint density at radius 2 is 2.16 bits per heavy atom. The van der Waals surface area contributed by atoms with Gasteiger partial charge in [-0.05, 0) is 44.2 Å². The van der Waals surface area contributed by atoms with Crippen molar-refractivity contribution in [2.24, 2.45) is 0 Å². The summed E-state index contributed by atoms with van der Waals surface area (Å²) in [5.74, 6) is 1.29. The van der Waals surface area contributed by atoms with Crippen LogP contribution in [0.1, 0.15) is 49.0 Å². The monoisotopic (exact) mass is 261 g/mol. The fraction of sp³-hybridized carbons (Fsp3) is 0.500. The molecule has 2 aromatic rings. The van der Waals surface area contributed by atoms with E-state index in [2.05, 4.69) is 12.2 Å². The Morgan fingerprint density at radius 3 is 2.84 bits per heavy atom. The topological polar surface area (TPSA) is 25.2 Å². The molecule has 3 heteroatoms. The van der Waals surface area contributed by atoms with Gasteiger partial charge in [0.2, 0.25) is 0 Å². The van der Waals surface area contributed by atoms with Crippen LogP contribution in [0.4, 0.5) is 4.39 Å². The number of halogens is 1. The Labute approximate surface area is 113 Å². The number of nitrogens with one attached hydrogen (secondary N) is 1. The molecule has 0 amide bonds. The third-order valence-electron chi connectivity index (χ3n) is 3.80. The number of hydrogen-bond acceptors (Lipinski definition) is 2. The van der Waals surface area contributed by atoms with Gasteiger partial charge in [0.15, 0.2) is 11.4 Å². The lowest BCUT2D eigenvalue weighted by molar-refractivity contribution is 0.489. The molecule has 1 aliphatic carbocycles. The number of furan rings is 1. The SMILES string of the molecule is CCCNCc1oc2c(F)c(C)ccc2c1C1CC1. The van der Waals surface area contributed by atoms with E-state index >= 15 is 0 Å². The van der Waals surface area contributed by atoms with E-state index in [0.717, 1.165) is 24.1 Å². The standard InChI is InChI=1S/C16H20FNO/c1-3-8-18-9-13-14(11-5-6-11)12-7-4-10(2)15(17)16(12)19-13/h4,7,11,18H,3,5-6,8-9H2,1-2H3. The lowest BCUT2D eigenvalue weighted by atomic mass is 10.0. The van der Waals surface area contributed by atoms with E-state index in [1.54, 1.807) is 6.92 Å². The van der Waals surface area contributed by atoms with Gasteiger partial charge in [0.05, 0.1) is 6.54 Å². The zero-order valence-electron chi connectivity index (χ0n) is 11.6. The highest BCUT2D eigenvalue weighted by atomic mass is 19.1. The summed E-state index contributed by atoms with van der Waals surface area (Å²) in [6, 6.07) is 3.86. The van der Waals surface area contributed by atoms with Crippen LogP contribution in [0.5, 0.6) is 0 Å². The van der Waals surface area contributed by atoms with Gasteiger partial charge in [-0.15, -0.1) is 0 Å². The van der Waals surface area contributed by atoms with Crippen molar-refractivity contribution in [3.05, 3.63) is 34.8 Å². The first-order valence-electron chi connectivity index (χ1n) is 7.13. The molecule has 19 heavy (non-hydrogen) atoms. The molecule has 1 aromatic carbocycles. The van der Waals surface area contributed by atoms with Crippen molar-refractivity contribution in [3.63, 3.8) is 0 Å². The molecule has 1 heterocycles. The van der Waals surface area contributed by atoms with Gasteiger partial charge < -0.3 is 9.73 Å². The lowest BCUT2D eigenvalue weighted by Crippen LogP contribution is -2.14. The number of rotatable bonds is 5. The number of benzene rings is 1. The van der Waals surface area contributed by atoms with Gasteiger partial charge in [0.1, 0.15) is 5.76 Å². The summed E-state index contributed by atoms with van der Waals surface area (Å²) in [5.41, 5.74) is 2.32. The van der Waals surface area contributed by atoms with Gasteiger partial charge >= 0.3 is 0 Å². The van der Waals surface area contributed by atoms with Gasteiger partial charge in [-0.2, -0.15) is 0 Å². The molecular formula is C16H20FNO. The van der Waals surface area contributed by atoms with Gasteiger partial charge in [-0.25, -0.2) is 4.39 Å². The van der Waals surface area contributed by atoms with E-state index in [1.807, 2.05) is 12.1 Å². The molecule has 0 spiro atoms. The molecule has 1 N–H and O–H groups in total. The first-order chi connectivity index (χ1) is 9.22. The molecule has 1 aliphatic rings. The summed E-state index contributed by atoms with van der Waals surface area (Å²) in [6.45, 7) is 5.58. The first kappa shape index (κ1) is 12.7. The molecule has 1 aromatic heterocycles. The van der Waals surface area contributed by atoms with Gasteiger partial charge in [-0.3, -0.25) is 0 Å². The summed E-state index contributed by atoms with van der Waals surface area (Å²) in [4.78, 5) is 0. The van der Waals surface area contributed by atoms with Gasteiger partial charge in [0.25, 0.3) is 0 Å². The molecular weight excluding hydrogens is 241 g/mol. The van der Waals surface area contributed by atoms with Crippen molar-refractivity contribution in [2.45, 2.75) is 45.6 Å². The third-order valence-corrected chi connectivity index (χ3v) is 3.80. The van der Waals surface area contributed by atoms with Crippen LogP contribution < -0.4 is 5.32 Å². The largest absolute Gasteiger partial charge is 0.456 e. The number of aryl methyl sites for hydroxylation is 1. The van der Waals surface area contributed by atoms with E-state index in [-0.39, 0.29) is 5.82 Å². The van der Waals surface area contributed by atoms with Crippen LogP contribution >= 0.6 is 0 Å². The third kappa shape index (κ3) is 2.27. The molecule has 1 saturated carbocycles. The van der Waals surface area contributed by atoms with Crippen LogP contribution in [-0.2, 0) is 6.54 Å². The minimum Gasteiger partial charge on any atom is -0.456 e. The molecule has 1 fully saturated rings. The minimum absolute atomic E-state index is 0.207. The van der Waals surface area contributed by atoms with E-state index in [4.69, 9.17) is 4.42 Å². The van der Waals surface area contributed by atoms with Crippen molar-refractivity contribution >= 4 is 11.0 Å². The molecule has 0 saturated heterocycles. The molecule has 0 bridgehead atoms.